The van der Waals surface area contributed by atoms with Crippen molar-refractivity contribution >= 4 is 33.1 Å². The van der Waals surface area contributed by atoms with Crippen LogP contribution in [0.1, 0.15) is 33.1 Å². The number of amides is 2. The third kappa shape index (κ3) is 5.06. The lowest BCUT2D eigenvalue weighted by molar-refractivity contribution is -0.133. The Labute approximate surface area is 170 Å². The molecular formula is C19H25N3O6S. The number of anilines is 1. The lowest BCUT2D eigenvalue weighted by Crippen LogP contribution is -2.42. The largest absolute Gasteiger partial charge is 0.490 e. The summed E-state index contributed by atoms with van der Waals surface area (Å²) in [5, 5.41) is 8.11. The lowest BCUT2D eigenvalue weighted by Gasteiger charge is -2.27. The molecule has 0 radical (unpaired) electrons. The van der Waals surface area contributed by atoms with E-state index in [1.807, 2.05) is 13.8 Å². The Hall–Kier alpha value is -2.62. The molecule has 1 N–H and O–H groups in total. The molecule has 158 valence electrons. The molecule has 0 bridgehead atoms. The van der Waals surface area contributed by atoms with Crippen LogP contribution < -0.4 is 14.8 Å². The molecule has 2 amide bonds. The summed E-state index contributed by atoms with van der Waals surface area (Å²) in [6.45, 7) is 4.66. The molecule has 2 aliphatic heterocycles. The molecular weight excluding hydrogens is 398 g/mol. The first-order valence-electron chi connectivity index (χ1n) is 9.64. The maximum Gasteiger partial charge on any atom is 0.271 e. The normalized spacial score (nSPS) is 20.9. The number of hydrogen-bond acceptors (Lipinski definition) is 7. The Morgan fingerprint density at radius 1 is 1.21 bits per heavy atom. The molecule has 1 aromatic rings. The summed E-state index contributed by atoms with van der Waals surface area (Å²) in [7, 11) is -3.16. The number of hydrazone groups is 1. The molecule has 1 unspecified atom stereocenters. The number of nitrogens with zero attached hydrogens (tertiary/aromatic N) is 2. The molecule has 1 atom stereocenters. The fraction of sp³-hybridized carbons (Fsp3) is 0.526. The number of benzene rings is 1. The zero-order valence-corrected chi connectivity index (χ0v) is 17.3. The van der Waals surface area contributed by atoms with Crippen LogP contribution in [-0.2, 0) is 19.4 Å². The van der Waals surface area contributed by atoms with Gasteiger partial charge in [-0.05, 0) is 32.4 Å². The van der Waals surface area contributed by atoms with Gasteiger partial charge in [0.15, 0.2) is 21.3 Å². The van der Waals surface area contributed by atoms with Crippen LogP contribution in [0.15, 0.2) is 23.3 Å². The zero-order chi connectivity index (χ0) is 21.0. The zero-order valence-electron chi connectivity index (χ0n) is 16.5. The van der Waals surface area contributed by atoms with Gasteiger partial charge in [-0.15, -0.1) is 0 Å². The topological polar surface area (TPSA) is 114 Å². The summed E-state index contributed by atoms with van der Waals surface area (Å²) in [6, 6.07) is 4.57. The number of hydrogen-bond donors (Lipinski definition) is 1. The maximum absolute atomic E-state index is 12.7. The van der Waals surface area contributed by atoms with Gasteiger partial charge in [0.05, 0.1) is 30.8 Å². The van der Waals surface area contributed by atoms with E-state index >= 15 is 0 Å². The second-order valence-electron chi connectivity index (χ2n) is 6.82. The van der Waals surface area contributed by atoms with E-state index in [2.05, 4.69) is 10.4 Å². The predicted molar refractivity (Wildman–Crippen MR) is 108 cm³/mol. The maximum atomic E-state index is 12.7. The standard InChI is InChI=1S/C19H25N3O6S/c1-3-27-16-7-5-13(11-17(16)28-4-2)20-19(24)15-6-8-18(23)22(21-15)14-9-10-29(25,26)12-14/h5,7,11,14H,3-4,6,8-10,12H2,1-2H3,(H,20,24). The smallest absolute Gasteiger partial charge is 0.271 e. The highest BCUT2D eigenvalue weighted by atomic mass is 32.2. The van der Waals surface area contributed by atoms with Gasteiger partial charge in [0, 0.05) is 24.6 Å². The fourth-order valence-electron chi connectivity index (χ4n) is 3.32. The Morgan fingerprint density at radius 3 is 2.59 bits per heavy atom. The van der Waals surface area contributed by atoms with E-state index in [0.29, 0.717) is 36.8 Å². The van der Waals surface area contributed by atoms with Crippen molar-refractivity contribution in [3.63, 3.8) is 0 Å². The van der Waals surface area contributed by atoms with E-state index in [4.69, 9.17) is 9.47 Å². The van der Waals surface area contributed by atoms with Gasteiger partial charge in [-0.1, -0.05) is 0 Å². The second kappa shape index (κ2) is 8.81. The predicted octanol–water partition coefficient (Wildman–Crippen LogP) is 1.59. The fourth-order valence-corrected chi connectivity index (χ4v) is 5.01. The first kappa shape index (κ1) is 21.1. The number of nitrogens with one attached hydrogen (secondary N) is 1. The third-order valence-electron chi connectivity index (χ3n) is 4.68. The first-order chi connectivity index (χ1) is 13.8. The van der Waals surface area contributed by atoms with Crippen molar-refractivity contribution in [1.29, 1.82) is 0 Å². The summed E-state index contributed by atoms with van der Waals surface area (Å²) < 4.78 is 34.5. The summed E-state index contributed by atoms with van der Waals surface area (Å²) in [6.07, 6.45) is 0.662. The molecule has 1 saturated heterocycles. The quantitative estimate of drug-likeness (QED) is 0.712. The highest BCUT2D eigenvalue weighted by Crippen LogP contribution is 2.31. The molecule has 1 aromatic carbocycles. The van der Waals surface area contributed by atoms with E-state index < -0.39 is 21.8 Å². The molecule has 0 aliphatic carbocycles. The van der Waals surface area contributed by atoms with Crippen LogP contribution in [0.5, 0.6) is 11.5 Å². The first-order valence-corrected chi connectivity index (χ1v) is 11.5. The van der Waals surface area contributed by atoms with Gasteiger partial charge >= 0.3 is 0 Å². The van der Waals surface area contributed by atoms with Crippen molar-refractivity contribution in [2.75, 3.05) is 30.0 Å². The summed E-state index contributed by atoms with van der Waals surface area (Å²) in [4.78, 5) is 24.9. The molecule has 29 heavy (non-hydrogen) atoms. The molecule has 0 spiro atoms. The van der Waals surface area contributed by atoms with Crippen LogP contribution >= 0.6 is 0 Å². The Balaban J connectivity index is 1.75. The van der Waals surface area contributed by atoms with Gasteiger partial charge in [-0.3, -0.25) is 9.59 Å². The minimum absolute atomic E-state index is 0.0326. The molecule has 0 saturated carbocycles. The summed E-state index contributed by atoms with van der Waals surface area (Å²) >= 11 is 0. The number of carbonyl (C=O) groups excluding carboxylic acids is 2. The highest BCUT2D eigenvalue weighted by Gasteiger charge is 2.37. The number of carbonyl (C=O) groups is 2. The molecule has 9 nitrogen and oxygen atoms in total. The van der Waals surface area contributed by atoms with Crippen molar-refractivity contribution < 1.29 is 27.5 Å². The molecule has 2 heterocycles. The Morgan fingerprint density at radius 2 is 1.93 bits per heavy atom. The lowest BCUT2D eigenvalue weighted by atomic mass is 10.1. The van der Waals surface area contributed by atoms with Gasteiger partial charge < -0.3 is 14.8 Å². The summed E-state index contributed by atoms with van der Waals surface area (Å²) in [5.41, 5.74) is 0.706. The average molecular weight is 423 g/mol. The summed E-state index contributed by atoms with van der Waals surface area (Å²) in [5.74, 6) is 0.323. The van der Waals surface area contributed by atoms with E-state index in [1.165, 1.54) is 5.01 Å². The van der Waals surface area contributed by atoms with Gasteiger partial charge in [-0.25, -0.2) is 13.4 Å². The van der Waals surface area contributed by atoms with Crippen LogP contribution in [0.2, 0.25) is 0 Å². The van der Waals surface area contributed by atoms with Crippen LogP contribution in [0.25, 0.3) is 0 Å². The molecule has 10 heteroatoms. The molecule has 1 fully saturated rings. The van der Waals surface area contributed by atoms with Crippen molar-refractivity contribution in [3.05, 3.63) is 18.2 Å². The van der Waals surface area contributed by atoms with Gasteiger partial charge in [0.1, 0.15) is 5.71 Å². The van der Waals surface area contributed by atoms with Gasteiger partial charge in [-0.2, -0.15) is 5.10 Å². The van der Waals surface area contributed by atoms with Crippen molar-refractivity contribution in [2.24, 2.45) is 5.10 Å². The number of rotatable bonds is 7. The highest BCUT2D eigenvalue weighted by molar-refractivity contribution is 7.91. The Kier molecular flexibility index (Phi) is 6.41. The van der Waals surface area contributed by atoms with E-state index in [0.717, 1.165) is 0 Å². The molecule has 2 aliphatic rings. The second-order valence-corrected chi connectivity index (χ2v) is 9.05. The third-order valence-corrected chi connectivity index (χ3v) is 6.43. The van der Waals surface area contributed by atoms with Crippen LogP contribution in [0.3, 0.4) is 0 Å². The van der Waals surface area contributed by atoms with E-state index in [9.17, 15) is 18.0 Å². The van der Waals surface area contributed by atoms with Crippen LogP contribution in [0, 0.1) is 0 Å². The van der Waals surface area contributed by atoms with Crippen LogP contribution in [-0.4, -0.2) is 61.7 Å². The number of sulfone groups is 1. The van der Waals surface area contributed by atoms with Crippen molar-refractivity contribution in [1.82, 2.24) is 5.01 Å². The molecule has 3 rings (SSSR count). The Bertz CT molecular complexity index is 928. The van der Waals surface area contributed by atoms with Gasteiger partial charge in [0.25, 0.3) is 5.91 Å². The van der Waals surface area contributed by atoms with Gasteiger partial charge in [0.2, 0.25) is 5.91 Å². The monoisotopic (exact) mass is 423 g/mol. The van der Waals surface area contributed by atoms with E-state index in [-0.39, 0.29) is 36.0 Å². The number of ether oxygens (including phenoxy) is 2. The minimum Gasteiger partial charge on any atom is -0.490 e. The van der Waals surface area contributed by atoms with Crippen LogP contribution in [0.4, 0.5) is 5.69 Å². The van der Waals surface area contributed by atoms with E-state index in [1.54, 1.807) is 18.2 Å². The van der Waals surface area contributed by atoms with Crippen molar-refractivity contribution in [2.45, 2.75) is 39.2 Å². The molecule has 0 aromatic heterocycles. The van der Waals surface area contributed by atoms with Crippen molar-refractivity contribution in [3.8, 4) is 11.5 Å². The average Bonchev–Trinajstić information content (AvgIpc) is 3.04. The minimum atomic E-state index is -3.16. The SMILES string of the molecule is CCOc1ccc(NC(=O)C2=NN(C3CCS(=O)(=O)C3)C(=O)CC2)cc1OCC.